The van der Waals surface area contributed by atoms with Crippen molar-refractivity contribution in [3.05, 3.63) is 57.5 Å². The molecule has 0 bridgehead atoms. The van der Waals surface area contributed by atoms with Gasteiger partial charge in [-0.05, 0) is 36.4 Å². The third-order valence-electron chi connectivity index (χ3n) is 2.33. The number of carbonyl (C=O) groups excluding carboxylic acids is 1. The van der Waals surface area contributed by atoms with Gasteiger partial charge >= 0.3 is 5.00 Å². The number of rotatable bonds is 4. The fraction of sp³-hybridized carbons (Fsp3) is 0. The Labute approximate surface area is 118 Å². The molecule has 0 aliphatic heterocycles. The normalized spacial score (nSPS) is 10.6. The van der Waals surface area contributed by atoms with Gasteiger partial charge in [-0.1, -0.05) is 11.3 Å². The Morgan fingerprint density at radius 2 is 1.95 bits per heavy atom. The van der Waals surface area contributed by atoms with Crippen molar-refractivity contribution in [2.75, 3.05) is 5.32 Å². The SMILES string of the molecule is O=C(/C=C/c1ccc([N+](=O)[O-])s1)Nc1ccc(O)cc1. The second-order valence-electron chi connectivity index (χ2n) is 3.80. The first kappa shape index (κ1) is 13.8. The van der Waals surface area contributed by atoms with Gasteiger partial charge in [-0.3, -0.25) is 14.9 Å². The van der Waals surface area contributed by atoms with Gasteiger partial charge in [0, 0.05) is 22.7 Å². The minimum Gasteiger partial charge on any atom is -0.508 e. The van der Waals surface area contributed by atoms with Crippen molar-refractivity contribution in [2.24, 2.45) is 0 Å². The molecule has 2 rings (SSSR count). The fourth-order valence-corrected chi connectivity index (χ4v) is 2.14. The first-order chi connectivity index (χ1) is 9.54. The average molecular weight is 290 g/mol. The summed E-state index contributed by atoms with van der Waals surface area (Å²) in [7, 11) is 0. The molecule has 2 aromatic rings. The molecule has 1 aromatic carbocycles. The molecule has 102 valence electrons. The first-order valence-corrected chi connectivity index (χ1v) is 6.38. The number of hydrogen-bond donors (Lipinski definition) is 2. The van der Waals surface area contributed by atoms with Crippen LogP contribution in [0.4, 0.5) is 10.7 Å². The van der Waals surface area contributed by atoms with Crippen molar-refractivity contribution in [2.45, 2.75) is 0 Å². The van der Waals surface area contributed by atoms with E-state index in [4.69, 9.17) is 5.11 Å². The van der Waals surface area contributed by atoms with Crippen LogP contribution in [0.15, 0.2) is 42.5 Å². The van der Waals surface area contributed by atoms with Crippen LogP contribution in [-0.4, -0.2) is 15.9 Å². The average Bonchev–Trinajstić information content (AvgIpc) is 2.88. The Balaban J connectivity index is 1.98. The number of nitrogens with zero attached hydrogens (tertiary/aromatic N) is 1. The van der Waals surface area contributed by atoms with Gasteiger partial charge in [0.15, 0.2) is 0 Å². The van der Waals surface area contributed by atoms with E-state index in [0.717, 1.165) is 11.3 Å². The predicted octanol–water partition coefficient (Wildman–Crippen LogP) is 3.01. The highest BCUT2D eigenvalue weighted by Gasteiger charge is 2.07. The fourth-order valence-electron chi connectivity index (χ4n) is 1.42. The number of phenols is 1. The van der Waals surface area contributed by atoms with Crippen LogP contribution in [0.5, 0.6) is 5.75 Å². The lowest BCUT2D eigenvalue weighted by molar-refractivity contribution is -0.380. The molecule has 1 amide bonds. The van der Waals surface area contributed by atoms with E-state index in [1.165, 1.54) is 30.4 Å². The summed E-state index contributed by atoms with van der Waals surface area (Å²) in [5.41, 5.74) is 0.551. The summed E-state index contributed by atoms with van der Waals surface area (Å²) in [5.74, 6) is -0.240. The largest absolute Gasteiger partial charge is 0.508 e. The molecule has 0 unspecified atom stereocenters. The zero-order chi connectivity index (χ0) is 14.5. The minimum absolute atomic E-state index is 0.0311. The predicted molar refractivity (Wildman–Crippen MR) is 76.7 cm³/mol. The van der Waals surface area contributed by atoms with E-state index < -0.39 is 4.92 Å². The van der Waals surface area contributed by atoms with Crippen LogP contribution in [0.3, 0.4) is 0 Å². The summed E-state index contributed by atoms with van der Waals surface area (Å²) in [6.07, 6.45) is 2.80. The second-order valence-corrected chi connectivity index (χ2v) is 4.90. The van der Waals surface area contributed by atoms with Crippen molar-refractivity contribution in [1.29, 1.82) is 0 Å². The van der Waals surface area contributed by atoms with Crippen molar-refractivity contribution in [3.63, 3.8) is 0 Å². The number of anilines is 1. The Kier molecular flexibility index (Phi) is 4.11. The summed E-state index contributed by atoms with van der Waals surface area (Å²) in [6, 6.07) is 9.02. The van der Waals surface area contributed by atoms with Crippen LogP contribution in [-0.2, 0) is 4.79 Å². The van der Waals surface area contributed by atoms with Gasteiger partial charge in [-0.25, -0.2) is 0 Å². The number of phenolic OH excluding ortho intramolecular Hbond substituents is 1. The van der Waals surface area contributed by atoms with Gasteiger partial charge in [-0.2, -0.15) is 0 Å². The maximum atomic E-state index is 11.6. The number of thiophene rings is 1. The molecular formula is C13H10N2O4S. The highest BCUT2D eigenvalue weighted by atomic mass is 32.1. The van der Waals surface area contributed by atoms with E-state index in [-0.39, 0.29) is 16.7 Å². The Morgan fingerprint density at radius 1 is 1.25 bits per heavy atom. The molecular weight excluding hydrogens is 280 g/mol. The van der Waals surface area contributed by atoms with Crippen LogP contribution in [0.2, 0.25) is 0 Å². The van der Waals surface area contributed by atoms with E-state index in [2.05, 4.69) is 5.32 Å². The molecule has 20 heavy (non-hydrogen) atoms. The van der Waals surface area contributed by atoms with Crippen molar-refractivity contribution in [3.8, 4) is 5.75 Å². The minimum atomic E-state index is -0.474. The standard InChI is InChI=1S/C13H10N2O4S/c16-10-3-1-9(2-4-10)14-12(17)7-5-11-6-8-13(20-11)15(18)19/h1-8,16H,(H,14,17)/b7-5+. The molecule has 0 radical (unpaired) electrons. The lowest BCUT2D eigenvalue weighted by Gasteiger charge is -2.01. The molecule has 6 nitrogen and oxygen atoms in total. The number of hydrogen-bond acceptors (Lipinski definition) is 5. The molecule has 1 aromatic heterocycles. The van der Waals surface area contributed by atoms with Gasteiger partial charge < -0.3 is 10.4 Å². The van der Waals surface area contributed by atoms with E-state index in [0.29, 0.717) is 10.6 Å². The number of amides is 1. The number of benzene rings is 1. The molecule has 7 heteroatoms. The van der Waals surface area contributed by atoms with Gasteiger partial charge in [0.2, 0.25) is 5.91 Å². The third-order valence-corrected chi connectivity index (χ3v) is 3.33. The van der Waals surface area contributed by atoms with Crippen LogP contribution in [0.25, 0.3) is 6.08 Å². The number of nitro groups is 1. The van der Waals surface area contributed by atoms with Gasteiger partial charge in [-0.15, -0.1) is 0 Å². The highest BCUT2D eigenvalue weighted by molar-refractivity contribution is 7.16. The molecule has 1 heterocycles. The summed E-state index contributed by atoms with van der Waals surface area (Å²) in [4.78, 5) is 22.3. The van der Waals surface area contributed by atoms with Gasteiger partial charge in [0.1, 0.15) is 5.75 Å². The summed E-state index contributed by atoms with van der Waals surface area (Å²) in [5, 5.41) is 22.3. The van der Waals surface area contributed by atoms with Gasteiger partial charge in [0.05, 0.1) is 4.92 Å². The maximum Gasteiger partial charge on any atom is 0.324 e. The van der Waals surface area contributed by atoms with Crippen molar-refractivity contribution < 1.29 is 14.8 Å². The van der Waals surface area contributed by atoms with E-state index in [1.807, 2.05) is 0 Å². The first-order valence-electron chi connectivity index (χ1n) is 5.57. The van der Waals surface area contributed by atoms with Crippen molar-refractivity contribution >= 4 is 34.0 Å². The molecule has 0 aliphatic carbocycles. The van der Waals surface area contributed by atoms with Crippen molar-refractivity contribution in [1.82, 2.24) is 0 Å². The molecule has 0 saturated carbocycles. The topological polar surface area (TPSA) is 92.5 Å². The monoisotopic (exact) mass is 290 g/mol. The van der Waals surface area contributed by atoms with Crippen LogP contribution >= 0.6 is 11.3 Å². The lowest BCUT2D eigenvalue weighted by atomic mass is 10.3. The molecule has 0 atom stereocenters. The Bertz CT molecular complexity index is 661. The summed E-state index contributed by atoms with van der Waals surface area (Å²) >= 11 is 0.992. The second kappa shape index (κ2) is 5.98. The van der Waals surface area contributed by atoms with Crippen LogP contribution in [0, 0.1) is 10.1 Å². The number of nitrogens with one attached hydrogen (secondary N) is 1. The van der Waals surface area contributed by atoms with Gasteiger partial charge in [0.25, 0.3) is 0 Å². The van der Waals surface area contributed by atoms with Crippen LogP contribution < -0.4 is 5.32 Å². The molecule has 0 saturated heterocycles. The highest BCUT2D eigenvalue weighted by Crippen LogP contribution is 2.24. The quantitative estimate of drug-likeness (QED) is 0.392. The third kappa shape index (κ3) is 3.66. The number of aromatic hydroxyl groups is 1. The smallest absolute Gasteiger partial charge is 0.324 e. The van der Waals surface area contributed by atoms with E-state index >= 15 is 0 Å². The Hall–Kier alpha value is -2.67. The Morgan fingerprint density at radius 3 is 2.55 bits per heavy atom. The molecule has 0 aliphatic rings. The lowest BCUT2D eigenvalue weighted by Crippen LogP contribution is -2.07. The number of carbonyl (C=O) groups is 1. The molecule has 0 spiro atoms. The van der Waals surface area contributed by atoms with E-state index in [9.17, 15) is 14.9 Å². The molecule has 0 fully saturated rings. The summed E-state index contributed by atoms with van der Waals surface area (Å²) in [6.45, 7) is 0. The summed E-state index contributed by atoms with van der Waals surface area (Å²) < 4.78 is 0. The van der Waals surface area contributed by atoms with Crippen LogP contribution in [0.1, 0.15) is 4.88 Å². The maximum absolute atomic E-state index is 11.6. The van der Waals surface area contributed by atoms with E-state index in [1.54, 1.807) is 18.2 Å². The zero-order valence-corrected chi connectivity index (χ0v) is 11.0. The zero-order valence-electron chi connectivity index (χ0n) is 10.1. The molecule has 2 N–H and O–H groups in total.